The molecule has 0 aliphatic rings. The van der Waals surface area contributed by atoms with Crippen molar-refractivity contribution in [3.05, 3.63) is 53.9 Å². The van der Waals surface area contributed by atoms with Gasteiger partial charge in [0.05, 0.1) is 14.2 Å². The molecule has 4 nitrogen and oxygen atoms in total. The Morgan fingerprint density at radius 2 is 2.00 bits per heavy atom. The van der Waals surface area contributed by atoms with Gasteiger partial charge in [-0.15, -0.1) is 0 Å². The van der Waals surface area contributed by atoms with Crippen molar-refractivity contribution >= 4 is 0 Å². The number of hydrogen-bond acceptors (Lipinski definition) is 4. The van der Waals surface area contributed by atoms with Gasteiger partial charge in [-0.25, -0.2) is 0 Å². The molecule has 0 spiro atoms. The first-order valence-electron chi connectivity index (χ1n) is 7.96. The molecular formula is C19H26N2O2. The first-order valence-corrected chi connectivity index (χ1v) is 7.96. The van der Waals surface area contributed by atoms with Crippen LogP contribution in [0.5, 0.6) is 11.5 Å². The van der Waals surface area contributed by atoms with Crippen LogP contribution in [-0.4, -0.2) is 37.7 Å². The van der Waals surface area contributed by atoms with E-state index >= 15 is 0 Å². The minimum Gasteiger partial charge on any atom is -0.497 e. The van der Waals surface area contributed by atoms with E-state index in [1.54, 1.807) is 14.2 Å². The molecule has 1 atom stereocenters. The van der Waals surface area contributed by atoms with E-state index in [1.165, 1.54) is 11.1 Å². The van der Waals surface area contributed by atoms with E-state index in [2.05, 4.69) is 36.0 Å². The second-order valence-electron chi connectivity index (χ2n) is 5.73. The van der Waals surface area contributed by atoms with Gasteiger partial charge in [0.15, 0.2) is 0 Å². The maximum absolute atomic E-state index is 5.52. The Morgan fingerprint density at radius 3 is 2.65 bits per heavy atom. The van der Waals surface area contributed by atoms with Gasteiger partial charge in [0.1, 0.15) is 11.5 Å². The van der Waals surface area contributed by atoms with Crippen LogP contribution in [0.15, 0.2) is 42.7 Å². The van der Waals surface area contributed by atoms with Gasteiger partial charge in [-0.2, -0.15) is 0 Å². The number of methoxy groups -OCH3 is 2. The largest absolute Gasteiger partial charge is 0.497 e. The van der Waals surface area contributed by atoms with Gasteiger partial charge < -0.3 is 9.47 Å². The van der Waals surface area contributed by atoms with Crippen molar-refractivity contribution in [2.75, 3.05) is 27.8 Å². The summed E-state index contributed by atoms with van der Waals surface area (Å²) in [7, 11) is 5.52. The summed E-state index contributed by atoms with van der Waals surface area (Å²) in [6, 6.07) is 10.4. The first-order chi connectivity index (χ1) is 11.2. The molecule has 0 bridgehead atoms. The normalized spacial score (nSPS) is 12.2. The van der Waals surface area contributed by atoms with E-state index in [9.17, 15) is 0 Å². The second-order valence-corrected chi connectivity index (χ2v) is 5.73. The molecule has 0 aliphatic heterocycles. The minimum absolute atomic E-state index is 0.282. The average Bonchev–Trinajstić information content (AvgIpc) is 2.61. The van der Waals surface area contributed by atoms with Crippen LogP contribution in [-0.2, 0) is 6.42 Å². The van der Waals surface area contributed by atoms with Crippen molar-refractivity contribution in [3.63, 3.8) is 0 Å². The van der Waals surface area contributed by atoms with Crippen LogP contribution in [0.4, 0.5) is 0 Å². The summed E-state index contributed by atoms with van der Waals surface area (Å²) < 4.78 is 10.8. The van der Waals surface area contributed by atoms with Gasteiger partial charge in [-0.3, -0.25) is 9.88 Å². The highest BCUT2D eigenvalue weighted by Gasteiger charge is 2.16. The molecule has 0 amide bonds. The standard InChI is InChI=1S/C19H26N2O2/c1-15(18-10-9-17(22-3)13-19(18)23-4)21(2)12-6-8-16-7-5-11-20-14-16/h5,7,9-11,13-15H,6,8,12H2,1-4H3/t15-/m1/s1. The second kappa shape index (κ2) is 8.53. The lowest BCUT2D eigenvalue weighted by Gasteiger charge is -2.26. The lowest BCUT2D eigenvalue weighted by atomic mass is 10.0. The number of hydrogen-bond donors (Lipinski definition) is 0. The summed E-state index contributed by atoms with van der Waals surface area (Å²) in [5.41, 5.74) is 2.47. The predicted octanol–water partition coefficient (Wildman–Crippen LogP) is 3.72. The quantitative estimate of drug-likeness (QED) is 0.744. The summed E-state index contributed by atoms with van der Waals surface area (Å²) in [6.45, 7) is 3.22. The van der Waals surface area contributed by atoms with Crippen LogP contribution >= 0.6 is 0 Å². The highest BCUT2D eigenvalue weighted by atomic mass is 16.5. The van der Waals surface area contributed by atoms with Crippen molar-refractivity contribution in [2.45, 2.75) is 25.8 Å². The van der Waals surface area contributed by atoms with Crippen molar-refractivity contribution in [2.24, 2.45) is 0 Å². The molecule has 124 valence electrons. The molecule has 1 aromatic carbocycles. The van der Waals surface area contributed by atoms with Gasteiger partial charge >= 0.3 is 0 Å². The van der Waals surface area contributed by atoms with Crippen molar-refractivity contribution < 1.29 is 9.47 Å². The molecule has 2 rings (SSSR count). The van der Waals surface area contributed by atoms with Crippen LogP contribution < -0.4 is 9.47 Å². The van der Waals surface area contributed by atoms with Crippen LogP contribution in [0.3, 0.4) is 0 Å². The van der Waals surface area contributed by atoms with Crippen LogP contribution in [0.2, 0.25) is 0 Å². The Hall–Kier alpha value is -2.07. The lowest BCUT2D eigenvalue weighted by Crippen LogP contribution is -2.24. The van der Waals surface area contributed by atoms with Gasteiger partial charge in [-0.1, -0.05) is 12.1 Å². The Bertz CT molecular complexity index is 602. The molecule has 0 radical (unpaired) electrons. The molecule has 0 saturated carbocycles. The van der Waals surface area contributed by atoms with Crippen molar-refractivity contribution in [1.82, 2.24) is 9.88 Å². The molecule has 0 saturated heterocycles. The summed E-state index contributed by atoms with van der Waals surface area (Å²) in [6.07, 6.45) is 5.90. The average molecular weight is 314 g/mol. The molecule has 1 aromatic heterocycles. The Labute approximate surface area is 139 Å². The van der Waals surface area contributed by atoms with Gasteiger partial charge in [-0.05, 0) is 51.1 Å². The summed E-state index contributed by atoms with van der Waals surface area (Å²) in [5.74, 6) is 1.69. The fourth-order valence-corrected chi connectivity index (χ4v) is 2.67. The predicted molar refractivity (Wildman–Crippen MR) is 93.1 cm³/mol. The Balaban J connectivity index is 1.95. The van der Waals surface area contributed by atoms with E-state index in [4.69, 9.17) is 9.47 Å². The zero-order valence-electron chi connectivity index (χ0n) is 14.5. The van der Waals surface area contributed by atoms with Crippen LogP contribution in [0.25, 0.3) is 0 Å². The fourth-order valence-electron chi connectivity index (χ4n) is 2.67. The van der Waals surface area contributed by atoms with Crippen molar-refractivity contribution in [3.8, 4) is 11.5 Å². The maximum atomic E-state index is 5.52. The van der Waals surface area contributed by atoms with Crippen LogP contribution in [0, 0.1) is 0 Å². The maximum Gasteiger partial charge on any atom is 0.127 e. The number of nitrogens with zero attached hydrogens (tertiary/aromatic N) is 2. The third-order valence-electron chi connectivity index (χ3n) is 4.25. The SMILES string of the molecule is COc1ccc([C@@H](C)N(C)CCCc2cccnc2)c(OC)c1. The minimum atomic E-state index is 0.282. The van der Waals surface area contributed by atoms with E-state index in [1.807, 2.05) is 30.6 Å². The monoisotopic (exact) mass is 314 g/mol. The number of rotatable bonds is 8. The van der Waals surface area contributed by atoms with Gasteiger partial charge in [0.2, 0.25) is 0 Å². The van der Waals surface area contributed by atoms with Crippen LogP contribution in [0.1, 0.15) is 30.5 Å². The third kappa shape index (κ3) is 4.70. The molecule has 0 aliphatic carbocycles. The van der Waals surface area contributed by atoms with E-state index in [-0.39, 0.29) is 6.04 Å². The number of aryl methyl sites for hydroxylation is 1. The Kier molecular flexibility index (Phi) is 6.41. The topological polar surface area (TPSA) is 34.6 Å². The van der Waals surface area contributed by atoms with E-state index in [0.29, 0.717) is 0 Å². The number of ether oxygens (including phenoxy) is 2. The van der Waals surface area contributed by atoms with E-state index in [0.717, 1.165) is 30.9 Å². The number of pyridine rings is 1. The molecule has 4 heteroatoms. The fraction of sp³-hybridized carbons (Fsp3) is 0.421. The summed E-state index contributed by atoms with van der Waals surface area (Å²) in [5, 5.41) is 0. The van der Waals surface area contributed by atoms with Gasteiger partial charge in [0, 0.05) is 30.1 Å². The lowest BCUT2D eigenvalue weighted by molar-refractivity contribution is 0.252. The molecule has 1 heterocycles. The summed E-state index contributed by atoms with van der Waals surface area (Å²) >= 11 is 0. The van der Waals surface area contributed by atoms with E-state index < -0.39 is 0 Å². The highest BCUT2D eigenvalue weighted by molar-refractivity contribution is 5.42. The molecular weight excluding hydrogens is 288 g/mol. The zero-order chi connectivity index (χ0) is 16.7. The molecule has 2 aromatic rings. The zero-order valence-corrected chi connectivity index (χ0v) is 14.5. The summed E-state index contributed by atoms with van der Waals surface area (Å²) in [4.78, 5) is 6.51. The molecule has 0 unspecified atom stereocenters. The number of benzene rings is 1. The molecule has 0 fully saturated rings. The Morgan fingerprint density at radius 1 is 1.17 bits per heavy atom. The van der Waals surface area contributed by atoms with Crippen molar-refractivity contribution in [1.29, 1.82) is 0 Å². The highest BCUT2D eigenvalue weighted by Crippen LogP contribution is 2.31. The first kappa shape index (κ1) is 17.3. The smallest absolute Gasteiger partial charge is 0.127 e. The number of aromatic nitrogens is 1. The van der Waals surface area contributed by atoms with Gasteiger partial charge in [0.25, 0.3) is 0 Å². The molecule has 23 heavy (non-hydrogen) atoms. The third-order valence-corrected chi connectivity index (χ3v) is 4.25. The molecule has 0 N–H and O–H groups in total.